The van der Waals surface area contributed by atoms with E-state index in [1.165, 1.54) is 0 Å². The molecule has 0 radical (unpaired) electrons. The van der Waals surface area contributed by atoms with Gasteiger partial charge in [-0.2, -0.15) is 0 Å². The van der Waals surface area contributed by atoms with E-state index >= 15 is 0 Å². The maximum atomic E-state index is 12.5. The van der Waals surface area contributed by atoms with Crippen LogP contribution in [-0.4, -0.2) is 35.8 Å². The van der Waals surface area contributed by atoms with Gasteiger partial charge in [-0.1, -0.05) is 6.07 Å². The van der Waals surface area contributed by atoms with Gasteiger partial charge in [0.15, 0.2) is 5.78 Å². The summed E-state index contributed by atoms with van der Waals surface area (Å²) < 4.78 is 5.62. The van der Waals surface area contributed by atoms with Crippen molar-refractivity contribution >= 4 is 5.78 Å². The third kappa shape index (κ3) is 1.91. The molecule has 0 fully saturated rings. The predicted octanol–water partition coefficient (Wildman–Crippen LogP) is 1.24. The normalized spacial score (nSPS) is 17.9. The van der Waals surface area contributed by atoms with Crippen molar-refractivity contribution in [3.05, 3.63) is 28.8 Å². The van der Waals surface area contributed by atoms with Crippen molar-refractivity contribution in [3.8, 4) is 5.75 Å². The second-order valence-corrected chi connectivity index (χ2v) is 4.98. The molecule has 1 aliphatic heterocycles. The van der Waals surface area contributed by atoms with Crippen LogP contribution in [0.25, 0.3) is 0 Å². The van der Waals surface area contributed by atoms with Gasteiger partial charge in [0.2, 0.25) is 0 Å². The smallest absolute Gasteiger partial charge is 0.177 e. The summed E-state index contributed by atoms with van der Waals surface area (Å²) in [6.07, 6.45) is 0.325. The van der Waals surface area contributed by atoms with Gasteiger partial charge in [0, 0.05) is 0 Å². The summed E-state index contributed by atoms with van der Waals surface area (Å²) in [4.78, 5) is 12.5. The molecule has 0 saturated heterocycles. The standard InChI is InChI=1S/C14H18O4/c1-9-5-10(2)12-11(6-9)13(17)14(7-15,8-16)3-4-18-12/h5-6,15-16H,3-4,7-8H2,1-2H3. The third-order valence-corrected chi connectivity index (χ3v) is 3.58. The number of carbonyl (C=O) groups is 1. The Bertz CT molecular complexity index is 475. The molecule has 0 unspecified atom stereocenters. The van der Waals surface area contributed by atoms with Crippen LogP contribution in [0.2, 0.25) is 0 Å². The monoisotopic (exact) mass is 250 g/mol. The number of ether oxygens (including phenoxy) is 1. The van der Waals surface area contributed by atoms with Crippen LogP contribution in [0, 0.1) is 19.3 Å². The number of benzene rings is 1. The number of hydrogen-bond donors (Lipinski definition) is 2. The fraction of sp³-hybridized carbons (Fsp3) is 0.500. The summed E-state index contributed by atoms with van der Waals surface area (Å²) in [7, 11) is 0. The average molecular weight is 250 g/mol. The van der Waals surface area contributed by atoms with Crippen LogP contribution in [0.3, 0.4) is 0 Å². The van der Waals surface area contributed by atoms with E-state index in [2.05, 4.69) is 0 Å². The van der Waals surface area contributed by atoms with Crippen LogP contribution in [0.4, 0.5) is 0 Å². The van der Waals surface area contributed by atoms with Crippen LogP contribution < -0.4 is 4.74 Å². The number of ketones is 1. The van der Waals surface area contributed by atoms with Crippen LogP contribution in [-0.2, 0) is 0 Å². The minimum atomic E-state index is -1.12. The molecule has 0 bridgehead atoms. The summed E-state index contributed by atoms with van der Waals surface area (Å²) >= 11 is 0. The highest BCUT2D eigenvalue weighted by Gasteiger charge is 2.41. The van der Waals surface area contributed by atoms with E-state index in [1.54, 1.807) is 6.07 Å². The molecule has 0 aromatic heterocycles. The van der Waals surface area contributed by atoms with Gasteiger partial charge in [-0.05, 0) is 37.5 Å². The molecule has 1 aliphatic rings. The summed E-state index contributed by atoms with van der Waals surface area (Å²) in [5.74, 6) is 0.348. The first-order valence-corrected chi connectivity index (χ1v) is 6.04. The number of hydrogen-bond acceptors (Lipinski definition) is 4. The van der Waals surface area contributed by atoms with Gasteiger partial charge in [0.05, 0.1) is 30.8 Å². The zero-order chi connectivity index (χ0) is 13.3. The Kier molecular flexibility index (Phi) is 3.41. The second kappa shape index (κ2) is 4.71. The van der Waals surface area contributed by atoms with E-state index in [0.717, 1.165) is 11.1 Å². The zero-order valence-electron chi connectivity index (χ0n) is 10.7. The Balaban J connectivity index is 2.59. The molecule has 2 rings (SSSR count). The first-order valence-electron chi connectivity index (χ1n) is 6.04. The SMILES string of the molecule is Cc1cc(C)c2c(c1)C(=O)C(CO)(CO)CCO2. The van der Waals surface area contributed by atoms with Crippen LogP contribution in [0.5, 0.6) is 5.75 Å². The molecule has 4 heteroatoms. The number of fused-ring (bicyclic) bond motifs is 1. The molecular weight excluding hydrogens is 232 g/mol. The zero-order valence-corrected chi connectivity index (χ0v) is 10.7. The first kappa shape index (κ1) is 13.1. The third-order valence-electron chi connectivity index (χ3n) is 3.58. The van der Waals surface area contributed by atoms with Crippen molar-refractivity contribution < 1.29 is 19.7 Å². The summed E-state index contributed by atoms with van der Waals surface area (Å²) in [6.45, 7) is 3.40. The van der Waals surface area contributed by atoms with Crippen molar-refractivity contribution in [2.45, 2.75) is 20.3 Å². The van der Waals surface area contributed by atoms with Crippen LogP contribution in [0.15, 0.2) is 12.1 Å². The van der Waals surface area contributed by atoms with Crippen LogP contribution >= 0.6 is 0 Å². The van der Waals surface area contributed by atoms with E-state index in [0.29, 0.717) is 24.3 Å². The molecule has 1 heterocycles. The lowest BCUT2D eigenvalue weighted by atomic mass is 9.79. The molecular formula is C14H18O4. The molecule has 0 atom stereocenters. The van der Waals surface area contributed by atoms with E-state index in [9.17, 15) is 15.0 Å². The van der Waals surface area contributed by atoms with Gasteiger partial charge in [0.1, 0.15) is 5.75 Å². The van der Waals surface area contributed by atoms with E-state index in [4.69, 9.17) is 4.74 Å². The van der Waals surface area contributed by atoms with Crippen molar-refractivity contribution in [2.24, 2.45) is 5.41 Å². The quantitative estimate of drug-likeness (QED) is 0.828. The Labute approximate surface area is 106 Å². The Morgan fingerprint density at radius 2 is 1.94 bits per heavy atom. The fourth-order valence-corrected chi connectivity index (χ4v) is 2.41. The Morgan fingerprint density at radius 3 is 2.56 bits per heavy atom. The molecule has 1 aromatic rings. The summed E-state index contributed by atoms with van der Waals surface area (Å²) in [5.41, 5.74) is 1.22. The lowest BCUT2D eigenvalue weighted by molar-refractivity contribution is 0.0345. The number of aryl methyl sites for hydroxylation is 2. The topological polar surface area (TPSA) is 66.8 Å². The second-order valence-electron chi connectivity index (χ2n) is 4.98. The fourth-order valence-electron chi connectivity index (χ4n) is 2.41. The van der Waals surface area contributed by atoms with Gasteiger partial charge >= 0.3 is 0 Å². The maximum absolute atomic E-state index is 12.5. The van der Waals surface area contributed by atoms with E-state index in [1.807, 2.05) is 19.9 Å². The highest BCUT2D eigenvalue weighted by Crippen LogP contribution is 2.36. The molecule has 1 aromatic carbocycles. The van der Waals surface area contributed by atoms with E-state index < -0.39 is 5.41 Å². The number of aliphatic hydroxyl groups excluding tert-OH is 2. The minimum absolute atomic E-state index is 0.230. The molecule has 0 aliphatic carbocycles. The molecule has 2 N–H and O–H groups in total. The molecule has 4 nitrogen and oxygen atoms in total. The summed E-state index contributed by atoms with van der Waals surface area (Å²) in [5, 5.41) is 18.9. The summed E-state index contributed by atoms with van der Waals surface area (Å²) in [6, 6.07) is 3.72. The minimum Gasteiger partial charge on any atom is -0.493 e. The molecule has 18 heavy (non-hydrogen) atoms. The van der Waals surface area contributed by atoms with Gasteiger partial charge < -0.3 is 14.9 Å². The van der Waals surface area contributed by atoms with E-state index in [-0.39, 0.29) is 19.0 Å². The number of aliphatic hydroxyl groups is 2. The lowest BCUT2D eigenvalue weighted by Gasteiger charge is -2.25. The Morgan fingerprint density at radius 1 is 1.28 bits per heavy atom. The molecule has 0 saturated carbocycles. The van der Waals surface area contributed by atoms with Crippen LogP contribution in [0.1, 0.15) is 27.9 Å². The first-order chi connectivity index (χ1) is 8.54. The number of rotatable bonds is 2. The van der Waals surface area contributed by atoms with Crippen molar-refractivity contribution in [2.75, 3.05) is 19.8 Å². The molecule has 98 valence electrons. The van der Waals surface area contributed by atoms with Crippen molar-refractivity contribution in [3.63, 3.8) is 0 Å². The Hall–Kier alpha value is -1.39. The largest absolute Gasteiger partial charge is 0.493 e. The van der Waals surface area contributed by atoms with Crippen molar-refractivity contribution in [1.29, 1.82) is 0 Å². The maximum Gasteiger partial charge on any atom is 0.177 e. The van der Waals surface area contributed by atoms with Gasteiger partial charge in [-0.25, -0.2) is 0 Å². The number of carbonyl (C=O) groups excluding carboxylic acids is 1. The molecule has 0 spiro atoms. The average Bonchev–Trinajstić information content (AvgIpc) is 2.49. The molecule has 0 amide bonds. The predicted molar refractivity (Wildman–Crippen MR) is 67.0 cm³/mol. The van der Waals surface area contributed by atoms with Crippen molar-refractivity contribution in [1.82, 2.24) is 0 Å². The highest BCUT2D eigenvalue weighted by atomic mass is 16.5. The lowest BCUT2D eigenvalue weighted by Crippen LogP contribution is -2.38. The van der Waals surface area contributed by atoms with Gasteiger partial charge in [0.25, 0.3) is 0 Å². The highest BCUT2D eigenvalue weighted by molar-refractivity contribution is 6.03. The number of Topliss-reactive ketones (excluding diaryl/α,β-unsaturated/α-hetero) is 1. The van der Waals surface area contributed by atoms with Gasteiger partial charge in [-0.3, -0.25) is 4.79 Å². The van der Waals surface area contributed by atoms with Gasteiger partial charge in [-0.15, -0.1) is 0 Å².